The lowest BCUT2D eigenvalue weighted by atomic mass is 10.1. The quantitative estimate of drug-likeness (QED) is 0.695. The van der Waals surface area contributed by atoms with E-state index in [-0.39, 0.29) is 17.0 Å². The van der Waals surface area contributed by atoms with Gasteiger partial charge in [-0.15, -0.1) is 0 Å². The number of hydrogen-bond acceptors (Lipinski definition) is 4. The zero-order chi connectivity index (χ0) is 19.6. The molecule has 142 valence electrons. The Morgan fingerprint density at radius 2 is 1.78 bits per heavy atom. The van der Waals surface area contributed by atoms with Crippen molar-refractivity contribution in [1.82, 2.24) is 9.71 Å². The molecule has 1 N–H and O–H groups in total. The molecule has 0 aliphatic carbocycles. The molecule has 0 radical (unpaired) electrons. The van der Waals surface area contributed by atoms with Crippen molar-refractivity contribution in [1.29, 1.82) is 0 Å². The highest BCUT2D eigenvalue weighted by Crippen LogP contribution is 2.22. The third-order valence-corrected chi connectivity index (χ3v) is 5.74. The predicted octanol–water partition coefficient (Wildman–Crippen LogP) is 3.93. The Labute approximate surface area is 158 Å². The first-order valence-electron chi connectivity index (χ1n) is 8.55. The van der Waals surface area contributed by atoms with Crippen LogP contribution in [0.15, 0.2) is 51.8 Å². The van der Waals surface area contributed by atoms with Gasteiger partial charge in [-0.3, -0.25) is 0 Å². The molecule has 2 aromatic carbocycles. The first-order chi connectivity index (χ1) is 12.8. The second-order valence-corrected chi connectivity index (χ2v) is 8.21. The maximum Gasteiger partial charge on any atom is 0.240 e. The molecule has 0 aliphatic heterocycles. The first kappa shape index (κ1) is 19.3. The second kappa shape index (κ2) is 7.62. The summed E-state index contributed by atoms with van der Waals surface area (Å²) in [4.78, 5) is 4.52. The molecule has 0 saturated carbocycles. The van der Waals surface area contributed by atoms with E-state index in [1.54, 1.807) is 6.92 Å². The molecule has 0 unspecified atom stereocenters. The number of sulfonamides is 1. The van der Waals surface area contributed by atoms with E-state index in [0.717, 1.165) is 17.2 Å². The lowest BCUT2D eigenvalue weighted by Gasteiger charge is -2.07. The van der Waals surface area contributed by atoms with E-state index in [0.29, 0.717) is 23.8 Å². The van der Waals surface area contributed by atoms with Crippen LogP contribution in [-0.4, -0.2) is 19.9 Å². The molecule has 7 heteroatoms. The number of halogens is 1. The smallest absolute Gasteiger partial charge is 0.240 e. The Morgan fingerprint density at radius 1 is 1.07 bits per heavy atom. The monoisotopic (exact) mass is 388 g/mol. The molecule has 0 bridgehead atoms. The molecule has 3 aromatic rings. The Balaban J connectivity index is 1.68. The highest BCUT2D eigenvalue weighted by Gasteiger charge is 2.16. The van der Waals surface area contributed by atoms with Crippen LogP contribution in [0.3, 0.4) is 0 Å². The lowest BCUT2D eigenvalue weighted by molar-refractivity contribution is 0.538. The Morgan fingerprint density at radius 3 is 2.44 bits per heavy atom. The SMILES string of the molecule is Cc1ccc(-c2nc(CCNS(=O)(=O)c3ccc(F)c(C)c3)c(C)o2)cc1. The Kier molecular flexibility index (Phi) is 5.43. The summed E-state index contributed by atoms with van der Waals surface area (Å²) < 4.78 is 46.3. The highest BCUT2D eigenvalue weighted by atomic mass is 32.2. The van der Waals surface area contributed by atoms with E-state index in [4.69, 9.17) is 4.42 Å². The van der Waals surface area contributed by atoms with Gasteiger partial charge in [-0.1, -0.05) is 17.7 Å². The largest absolute Gasteiger partial charge is 0.441 e. The maximum absolute atomic E-state index is 13.3. The van der Waals surface area contributed by atoms with Crippen molar-refractivity contribution in [3.05, 3.63) is 70.9 Å². The third kappa shape index (κ3) is 4.43. The van der Waals surface area contributed by atoms with E-state index in [1.165, 1.54) is 19.1 Å². The number of nitrogens with one attached hydrogen (secondary N) is 1. The molecule has 0 saturated heterocycles. The van der Waals surface area contributed by atoms with Gasteiger partial charge in [0.05, 0.1) is 10.6 Å². The van der Waals surface area contributed by atoms with Crippen LogP contribution in [0.4, 0.5) is 4.39 Å². The maximum atomic E-state index is 13.3. The van der Waals surface area contributed by atoms with Crippen molar-refractivity contribution in [3.8, 4) is 11.5 Å². The summed E-state index contributed by atoms with van der Waals surface area (Å²) in [6.45, 7) is 5.50. The van der Waals surface area contributed by atoms with Crippen molar-refractivity contribution in [3.63, 3.8) is 0 Å². The summed E-state index contributed by atoms with van der Waals surface area (Å²) in [7, 11) is -3.71. The molecule has 0 fully saturated rings. The second-order valence-electron chi connectivity index (χ2n) is 6.45. The summed E-state index contributed by atoms with van der Waals surface area (Å²) in [6, 6.07) is 11.5. The Hall–Kier alpha value is -2.51. The fraction of sp³-hybridized carbons (Fsp3) is 0.250. The van der Waals surface area contributed by atoms with Crippen LogP contribution in [0.2, 0.25) is 0 Å². The lowest BCUT2D eigenvalue weighted by Crippen LogP contribution is -2.26. The molecule has 1 aromatic heterocycles. The highest BCUT2D eigenvalue weighted by molar-refractivity contribution is 7.89. The number of oxazole rings is 1. The van der Waals surface area contributed by atoms with Crippen LogP contribution in [0.5, 0.6) is 0 Å². The zero-order valence-corrected chi connectivity index (χ0v) is 16.2. The van der Waals surface area contributed by atoms with Gasteiger partial charge in [-0.05, 0) is 56.7 Å². The predicted molar refractivity (Wildman–Crippen MR) is 101 cm³/mol. The van der Waals surface area contributed by atoms with Gasteiger partial charge in [-0.2, -0.15) is 0 Å². The van der Waals surface area contributed by atoms with Crippen LogP contribution < -0.4 is 4.72 Å². The Bertz CT molecular complexity index is 1060. The molecule has 0 atom stereocenters. The molecule has 0 spiro atoms. The summed E-state index contributed by atoms with van der Waals surface area (Å²) in [5.74, 6) is 0.734. The minimum Gasteiger partial charge on any atom is -0.441 e. The minimum absolute atomic E-state index is 0.0404. The topological polar surface area (TPSA) is 72.2 Å². The summed E-state index contributed by atoms with van der Waals surface area (Å²) in [5.41, 5.74) is 3.00. The van der Waals surface area contributed by atoms with Gasteiger partial charge >= 0.3 is 0 Å². The number of rotatable bonds is 6. The minimum atomic E-state index is -3.71. The van der Waals surface area contributed by atoms with Crippen LogP contribution in [0.25, 0.3) is 11.5 Å². The van der Waals surface area contributed by atoms with E-state index < -0.39 is 15.8 Å². The van der Waals surface area contributed by atoms with E-state index in [9.17, 15) is 12.8 Å². The molecule has 0 amide bonds. The standard InChI is InChI=1S/C20H21FN2O3S/c1-13-4-6-16(7-5-13)20-23-19(15(3)26-20)10-11-22-27(24,25)17-8-9-18(21)14(2)12-17/h4-9,12,22H,10-11H2,1-3H3. The fourth-order valence-corrected chi connectivity index (χ4v) is 3.77. The van der Waals surface area contributed by atoms with E-state index >= 15 is 0 Å². The summed E-state index contributed by atoms with van der Waals surface area (Å²) in [5, 5.41) is 0. The summed E-state index contributed by atoms with van der Waals surface area (Å²) in [6.07, 6.45) is 0.389. The molecular formula is C20H21FN2O3S. The average molecular weight is 388 g/mol. The van der Waals surface area contributed by atoms with Crippen LogP contribution in [0, 0.1) is 26.6 Å². The van der Waals surface area contributed by atoms with Gasteiger partial charge in [0.15, 0.2) is 0 Å². The number of nitrogens with zero attached hydrogens (tertiary/aromatic N) is 1. The van der Waals surface area contributed by atoms with Crippen molar-refractivity contribution in [2.24, 2.45) is 0 Å². The number of hydrogen-bond donors (Lipinski definition) is 1. The number of aromatic nitrogens is 1. The van der Waals surface area contributed by atoms with Gasteiger partial charge in [0, 0.05) is 18.5 Å². The van der Waals surface area contributed by atoms with Crippen molar-refractivity contribution in [2.45, 2.75) is 32.1 Å². The third-order valence-electron chi connectivity index (χ3n) is 4.28. The first-order valence-corrected chi connectivity index (χ1v) is 10.0. The number of aryl methyl sites for hydroxylation is 3. The molecule has 5 nitrogen and oxygen atoms in total. The number of benzene rings is 2. The van der Waals surface area contributed by atoms with Crippen molar-refractivity contribution in [2.75, 3.05) is 6.54 Å². The molecule has 1 heterocycles. The van der Waals surface area contributed by atoms with Gasteiger partial charge in [0.1, 0.15) is 11.6 Å². The van der Waals surface area contributed by atoms with Crippen LogP contribution in [0.1, 0.15) is 22.6 Å². The fourth-order valence-electron chi connectivity index (χ4n) is 2.65. The van der Waals surface area contributed by atoms with Crippen LogP contribution >= 0.6 is 0 Å². The van der Waals surface area contributed by atoms with Gasteiger partial charge in [-0.25, -0.2) is 22.5 Å². The van der Waals surface area contributed by atoms with Crippen molar-refractivity contribution >= 4 is 10.0 Å². The molecule has 27 heavy (non-hydrogen) atoms. The van der Waals surface area contributed by atoms with Crippen molar-refractivity contribution < 1.29 is 17.2 Å². The average Bonchev–Trinajstić information content (AvgIpc) is 2.98. The van der Waals surface area contributed by atoms with Gasteiger partial charge in [0.25, 0.3) is 0 Å². The normalized spacial score (nSPS) is 11.7. The summed E-state index contributed by atoms with van der Waals surface area (Å²) >= 11 is 0. The van der Waals surface area contributed by atoms with Crippen LogP contribution in [-0.2, 0) is 16.4 Å². The molecule has 3 rings (SSSR count). The molecular weight excluding hydrogens is 367 g/mol. The van der Waals surface area contributed by atoms with E-state index in [1.807, 2.05) is 31.2 Å². The zero-order valence-electron chi connectivity index (χ0n) is 15.4. The van der Waals surface area contributed by atoms with Gasteiger partial charge < -0.3 is 4.42 Å². The molecule has 0 aliphatic rings. The van der Waals surface area contributed by atoms with Gasteiger partial charge in [0.2, 0.25) is 15.9 Å². The van der Waals surface area contributed by atoms with E-state index in [2.05, 4.69) is 9.71 Å².